The van der Waals surface area contributed by atoms with E-state index in [1.165, 1.54) is 0 Å². The van der Waals surface area contributed by atoms with Crippen LogP contribution in [-0.2, 0) is 12.3 Å². The van der Waals surface area contributed by atoms with Gasteiger partial charge in [0.2, 0.25) is 0 Å². The maximum atomic E-state index is 6.28. The summed E-state index contributed by atoms with van der Waals surface area (Å²) in [4.78, 5) is 0. The lowest BCUT2D eigenvalue weighted by Gasteiger charge is -2.39. The average molecular weight is 423 g/mol. The lowest BCUT2D eigenvalue weighted by Crippen LogP contribution is -2.55. The van der Waals surface area contributed by atoms with Crippen LogP contribution in [0.2, 0.25) is 65.5 Å². The topological polar surface area (TPSA) is 27.7 Å². The Morgan fingerprint density at radius 3 is 0.625 bits per heavy atom. The Balaban J connectivity index is -0.0000000610. The Morgan fingerprint density at radius 2 is 0.500 bits per heavy atom. The molecule has 0 aromatic carbocycles. The molecule has 0 spiro atoms. The standard InChI is InChI=1S/C10H30O3Si4.7CH4/c1-14(2,3)11-16(7,8)13-17(9,10)12-15(4,5)6;;;;;;;/h1-10H3;7*1H4. The van der Waals surface area contributed by atoms with Crippen molar-refractivity contribution in [2.75, 3.05) is 0 Å². The lowest BCUT2D eigenvalue weighted by atomic mass is 11.8. The van der Waals surface area contributed by atoms with Gasteiger partial charge in [-0.05, 0) is 65.5 Å². The molecule has 0 unspecified atom stereocenters. The summed E-state index contributed by atoms with van der Waals surface area (Å²) >= 11 is 0. The monoisotopic (exact) mass is 422 g/mol. The van der Waals surface area contributed by atoms with E-state index in [-0.39, 0.29) is 52.0 Å². The van der Waals surface area contributed by atoms with Crippen molar-refractivity contribution in [3.05, 3.63) is 0 Å². The second-order valence-corrected chi connectivity index (χ2v) is 23.8. The summed E-state index contributed by atoms with van der Waals surface area (Å²) in [5, 5.41) is 0. The van der Waals surface area contributed by atoms with Crippen molar-refractivity contribution in [2.45, 2.75) is 117 Å². The van der Waals surface area contributed by atoms with Gasteiger partial charge in [0.25, 0.3) is 0 Å². The van der Waals surface area contributed by atoms with Crippen LogP contribution >= 0.6 is 0 Å². The van der Waals surface area contributed by atoms with Crippen molar-refractivity contribution in [3.8, 4) is 0 Å². The summed E-state index contributed by atoms with van der Waals surface area (Å²) in [6.07, 6.45) is 0. The summed E-state index contributed by atoms with van der Waals surface area (Å²) in [6.45, 7) is 21.8. The molecule has 0 N–H and O–H groups in total. The normalized spacial score (nSPS) is 10.8. The first-order valence-corrected chi connectivity index (χ1v) is 18.7. The average Bonchev–Trinajstić information content (AvgIpc) is 1.65. The van der Waals surface area contributed by atoms with Gasteiger partial charge in [0, 0.05) is 0 Å². The Hall–Kier alpha value is 0.748. The van der Waals surface area contributed by atoms with E-state index < -0.39 is 33.8 Å². The molecule has 0 aliphatic rings. The largest absolute Gasteiger partial charge is 0.437 e. The minimum Gasteiger partial charge on any atom is -0.437 e. The summed E-state index contributed by atoms with van der Waals surface area (Å²) < 4.78 is 18.7. The molecule has 0 radical (unpaired) electrons. The minimum atomic E-state index is -2.05. The highest BCUT2D eigenvalue weighted by Crippen LogP contribution is 2.23. The van der Waals surface area contributed by atoms with Crippen molar-refractivity contribution >= 4 is 33.8 Å². The molecule has 0 heterocycles. The maximum Gasteiger partial charge on any atom is 0.312 e. The van der Waals surface area contributed by atoms with Gasteiger partial charge in [0.1, 0.15) is 0 Å². The molecular formula is C17H58O3Si4. The van der Waals surface area contributed by atoms with Gasteiger partial charge < -0.3 is 12.3 Å². The van der Waals surface area contributed by atoms with Gasteiger partial charge in [-0.1, -0.05) is 52.0 Å². The zero-order valence-electron chi connectivity index (χ0n) is 13.2. The van der Waals surface area contributed by atoms with E-state index >= 15 is 0 Å². The van der Waals surface area contributed by atoms with Crippen LogP contribution in [0, 0.1) is 0 Å². The van der Waals surface area contributed by atoms with Crippen molar-refractivity contribution in [1.29, 1.82) is 0 Å². The van der Waals surface area contributed by atoms with Gasteiger partial charge >= 0.3 is 17.1 Å². The SMILES string of the molecule is C.C.C.C.C.C.C.C[Si](C)(C)O[Si](C)(C)O[Si](C)(C)O[Si](C)(C)C. The zero-order valence-corrected chi connectivity index (χ0v) is 17.2. The number of rotatable bonds is 6. The van der Waals surface area contributed by atoms with E-state index in [1.807, 2.05) is 0 Å². The molecule has 0 fully saturated rings. The van der Waals surface area contributed by atoms with E-state index in [4.69, 9.17) is 12.3 Å². The highest BCUT2D eigenvalue weighted by molar-refractivity contribution is 6.89. The predicted octanol–water partition coefficient (Wildman–Crippen LogP) is 8.56. The third-order valence-corrected chi connectivity index (χ3v) is 14.4. The third kappa shape index (κ3) is 30.6. The Bertz CT molecular complexity index is 232. The first-order valence-electron chi connectivity index (χ1n) is 6.22. The van der Waals surface area contributed by atoms with Crippen LogP contribution in [0.4, 0.5) is 0 Å². The van der Waals surface area contributed by atoms with E-state index in [1.54, 1.807) is 0 Å². The predicted molar refractivity (Wildman–Crippen MR) is 132 cm³/mol. The fraction of sp³-hybridized carbons (Fsp3) is 1.00. The third-order valence-electron chi connectivity index (χ3n) is 1.60. The molecule has 7 heteroatoms. The molecule has 24 heavy (non-hydrogen) atoms. The second kappa shape index (κ2) is 16.0. The van der Waals surface area contributed by atoms with Crippen LogP contribution in [-0.4, -0.2) is 33.8 Å². The molecule has 0 rings (SSSR count). The van der Waals surface area contributed by atoms with E-state index in [9.17, 15) is 0 Å². The Kier molecular flexibility index (Phi) is 33.1. The van der Waals surface area contributed by atoms with Crippen LogP contribution in [0.5, 0.6) is 0 Å². The van der Waals surface area contributed by atoms with Crippen LogP contribution in [0.25, 0.3) is 0 Å². The smallest absolute Gasteiger partial charge is 0.312 e. The highest BCUT2D eigenvalue weighted by atomic mass is 28.5. The number of hydrogen-bond acceptors (Lipinski definition) is 3. The van der Waals surface area contributed by atoms with Gasteiger partial charge in [-0.3, -0.25) is 0 Å². The summed E-state index contributed by atoms with van der Waals surface area (Å²) in [6, 6.07) is 0. The molecule has 0 saturated heterocycles. The molecule has 0 aliphatic heterocycles. The van der Waals surface area contributed by atoms with Crippen molar-refractivity contribution in [3.63, 3.8) is 0 Å². The molecule has 0 saturated carbocycles. The lowest BCUT2D eigenvalue weighted by molar-refractivity contribution is 0.331. The minimum absolute atomic E-state index is 0. The first-order chi connectivity index (χ1) is 7.12. The maximum absolute atomic E-state index is 6.28. The van der Waals surface area contributed by atoms with Gasteiger partial charge in [0.05, 0.1) is 0 Å². The quantitative estimate of drug-likeness (QED) is 0.401. The molecular weight excluding hydrogens is 365 g/mol. The van der Waals surface area contributed by atoms with Gasteiger partial charge in [-0.2, -0.15) is 0 Å². The second-order valence-electron chi connectivity index (χ2n) is 7.33. The van der Waals surface area contributed by atoms with Crippen LogP contribution in [0.3, 0.4) is 0 Å². The van der Waals surface area contributed by atoms with Crippen LogP contribution in [0.15, 0.2) is 0 Å². The molecule has 160 valence electrons. The summed E-state index contributed by atoms with van der Waals surface area (Å²) in [5.74, 6) is 0. The molecule has 3 nitrogen and oxygen atoms in total. The molecule has 0 bridgehead atoms. The van der Waals surface area contributed by atoms with Gasteiger partial charge in [0.15, 0.2) is 16.6 Å². The Morgan fingerprint density at radius 1 is 0.333 bits per heavy atom. The summed E-state index contributed by atoms with van der Waals surface area (Å²) in [7, 11) is -7.18. The van der Waals surface area contributed by atoms with Crippen molar-refractivity contribution in [2.24, 2.45) is 0 Å². The van der Waals surface area contributed by atoms with Crippen LogP contribution in [0.1, 0.15) is 52.0 Å². The summed E-state index contributed by atoms with van der Waals surface area (Å²) in [5.41, 5.74) is 0. The van der Waals surface area contributed by atoms with Crippen molar-refractivity contribution in [1.82, 2.24) is 0 Å². The van der Waals surface area contributed by atoms with Crippen LogP contribution < -0.4 is 0 Å². The molecule has 0 amide bonds. The van der Waals surface area contributed by atoms with E-state index in [2.05, 4.69) is 65.5 Å². The fourth-order valence-corrected chi connectivity index (χ4v) is 19.7. The molecule has 0 aromatic heterocycles. The first kappa shape index (κ1) is 49.8. The fourth-order valence-electron chi connectivity index (χ4n) is 2.11. The van der Waals surface area contributed by atoms with Gasteiger partial charge in [-0.15, -0.1) is 0 Å². The Labute approximate surface area is 163 Å². The highest BCUT2D eigenvalue weighted by Gasteiger charge is 2.41. The molecule has 0 aliphatic carbocycles. The number of hydrogen-bond donors (Lipinski definition) is 0. The van der Waals surface area contributed by atoms with E-state index in [0.717, 1.165) is 0 Å². The molecule has 0 atom stereocenters. The van der Waals surface area contributed by atoms with Gasteiger partial charge in [-0.25, -0.2) is 0 Å². The zero-order chi connectivity index (χ0) is 14.1. The molecule has 0 aromatic rings. The van der Waals surface area contributed by atoms with E-state index in [0.29, 0.717) is 0 Å². The van der Waals surface area contributed by atoms with Crippen molar-refractivity contribution < 1.29 is 12.3 Å².